The van der Waals surface area contributed by atoms with Crippen LogP contribution in [0.15, 0.2) is 42.6 Å². The van der Waals surface area contributed by atoms with E-state index in [0.717, 1.165) is 18.9 Å². The number of hydrogen-bond acceptors (Lipinski definition) is 5. The number of nitrogens with zero attached hydrogens (tertiary/aromatic N) is 2. The molecule has 1 fully saturated rings. The van der Waals surface area contributed by atoms with Crippen LogP contribution in [-0.2, 0) is 0 Å². The highest BCUT2D eigenvalue weighted by molar-refractivity contribution is 6.05. The van der Waals surface area contributed by atoms with Gasteiger partial charge in [-0.15, -0.1) is 0 Å². The van der Waals surface area contributed by atoms with E-state index in [-0.39, 0.29) is 5.91 Å². The summed E-state index contributed by atoms with van der Waals surface area (Å²) in [6.45, 7) is 6.16. The number of aromatic nitrogens is 1. The molecule has 0 saturated carbocycles. The predicted octanol–water partition coefficient (Wildman–Crippen LogP) is 2.10. The summed E-state index contributed by atoms with van der Waals surface area (Å²) in [5, 5.41) is 6.26. The highest BCUT2D eigenvalue weighted by Crippen LogP contribution is 2.20. The Bertz CT molecular complexity index is 716. The fourth-order valence-electron chi connectivity index (χ4n) is 2.84. The molecule has 6 heteroatoms. The third kappa shape index (κ3) is 3.49. The predicted molar refractivity (Wildman–Crippen MR) is 97.3 cm³/mol. The lowest BCUT2D eigenvalue weighted by atomic mass is 10.1. The standard InChI is InChI=1S/C18H23N5O/c1-12-11-23(13(2)9-20-12)17-8-7-14(10-21-17)18(24)22-16-6-4-3-5-15(16)19/h3-8,10,12-13,20H,9,11,19H2,1-2H3,(H,22,24)/t12-,13+/m1/s1. The Morgan fingerprint density at radius 3 is 2.79 bits per heavy atom. The van der Waals surface area contributed by atoms with Gasteiger partial charge in [0.15, 0.2) is 0 Å². The number of hydrogen-bond donors (Lipinski definition) is 3. The Hall–Kier alpha value is -2.60. The zero-order valence-corrected chi connectivity index (χ0v) is 14.0. The Morgan fingerprint density at radius 2 is 2.08 bits per heavy atom. The Balaban J connectivity index is 1.72. The van der Waals surface area contributed by atoms with Crippen LogP contribution >= 0.6 is 0 Å². The van der Waals surface area contributed by atoms with Gasteiger partial charge >= 0.3 is 0 Å². The summed E-state index contributed by atoms with van der Waals surface area (Å²) in [5.41, 5.74) is 7.51. The van der Waals surface area contributed by atoms with E-state index in [0.29, 0.717) is 29.0 Å². The number of nitrogen functional groups attached to an aromatic ring is 1. The second-order valence-electron chi connectivity index (χ2n) is 6.26. The number of para-hydroxylation sites is 2. The zero-order valence-electron chi connectivity index (χ0n) is 14.0. The smallest absolute Gasteiger partial charge is 0.257 e. The fraction of sp³-hybridized carbons (Fsp3) is 0.333. The molecule has 2 atom stereocenters. The van der Waals surface area contributed by atoms with Crippen molar-refractivity contribution in [2.45, 2.75) is 25.9 Å². The zero-order chi connectivity index (χ0) is 17.1. The number of piperazine rings is 1. The maximum atomic E-state index is 12.3. The van der Waals surface area contributed by atoms with Gasteiger partial charge in [-0.1, -0.05) is 12.1 Å². The Kier molecular flexibility index (Phi) is 4.66. The third-order valence-electron chi connectivity index (χ3n) is 4.28. The van der Waals surface area contributed by atoms with E-state index < -0.39 is 0 Å². The molecule has 1 aliphatic rings. The van der Waals surface area contributed by atoms with Gasteiger partial charge in [-0.2, -0.15) is 0 Å². The summed E-state index contributed by atoms with van der Waals surface area (Å²) in [4.78, 5) is 19.1. The SMILES string of the molecule is C[C@@H]1CN(c2ccc(C(=O)Nc3ccccc3N)cn2)[C@@H](C)CN1. The van der Waals surface area contributed by atoms with Crippen molar-refractivity contribution < 1.29 is 4.79 Å². The number of nitrogens with one attached hydrogen (secondary N) is 2. The van der Waals surface area contributed by atoms with Crippen molar-refractivity contribution in [3.63, 3.8) is 0 Å². The Labute approximate surface area is 142 Å². The molecule has 3 rings (SSSR count). The van der Waals surface area contributed by atoms with Crippen molar-refractivity contribution in [1.29, 1.82) is 0 Å². The first-order valence-electron chi connectivity index (χ1n) is 8.16. The quantitative estimate of drug-likeness (QED) is 0.753. The lowest BCUT2D eigenvalue weighted by molar-refractivity contribution is 0.102. The van der Waals surface area contributed by atoms with Crippen LogP contribution in [0, 0.1) is 0 Å². The summed E-state index contributed by atoms with van der Waals surface area (Å²) < 4.78 is 0. The van der Waals surface area contributed by atoms with Gasteiger partial charge < -0.3 is 21.3 Å². The molecule has 4 N–H and O–H groups in total. The summed E-state index contributed by atoms with van der Waals surface area (Å²) in [5.74, 6) is 0.681. The van der Waals surface area contributed by atoms with Crippen molar-refractivity contribution in [1.82, 2.24) is 10.3 Å². The van der Waals surface area contributed by atoms with E-state index in [9.17, 15) is 4.79 Å². The maximum Gasteiger partial charge on any atom is 0.257 e. The molecule has 2 heterocycles. The number of benzene rings is 1. The lowest BCUT2D eigenvalue weighted by Gasteiger charge is -2.38. The molecule has 1 aromatic heterocycles. The minimum absolute atomic E-state index is 0.214. The van der Waals surface area contributed by atoms with Gasteiger partial charge in [-0.3, -0.25) is 4.79 Å². The molecule has 1 aromatic carbocycles. The van der Waals surface area contributed by atoms with Crippen LogP contribution in [-0.4, -0.2) is 36.1 Å². The molecule has 0 bridgehead atoms. The highest BCUT2D eigenvalue weighted by atomic mass is 16.1. The van der Waals surface area contributed by atoms with Crippen LogP contribution in [0.5, 0.6) is 0 Å². The summed E-state index contributed by atoms with van der Waals surface area (Å²) in [6, 6.07) is 11.7. The van der Waals surface area contributed by atoms with E-state index >= 15 is 0 Å². The van der Waals surface area contributed by atoms with Crippen molar-refractivity contribution in [2.75, 3.05) is 29.0 Å². The van der Waals surface area contributed by atoms with Crippen LogP contribution in [0.4, 0.5) is 17.2 Å². The second kappa shape index (κ2) is 6.88. The number of anilines is 3. The molecule has 0 unspecified atom stereocenters. The molecule has 6 nitrogen and oxygen atoms in total. The van der Waals surface area contributed by atoms with Crippen molar-refractivity contribution >= 4 is 23.1 Å². The second-order valence-corrected chi connectivity index (χ2v) is 6.26. The van der Waals surface area contributed by atoms with Crippen LogP contribution in [0.25, 0.3) is 0 Å². The van der Waals surface area contributed by atoms with Gasteiger partial charge in [0, 0.05) is 31.4 Å². The minimum atomic E-state index is -0.214. The van der Waals surface area contributed by atoms with Crippen molar-refractivity contribution in [2.24, 2.45) is 0 Å². The van der Waals surface area contributed by atoms with Gasteiger partial charge in [-0.05, 0) is 38.1 Å². The Morgan fingerprint density at radius 1 is 1.29 bits per heavy atom. The van der Waals surface area contributed by atoms with Crippen LogP contribution in [0.3, 0.4) is 0 Å². The van der Waals surface area contributed by atoms with Crippen LogP contribution in [0.2, 0.25) is 0 Å². The molecule has 24 heavy (non-hydrogen) atoms. The minimum Gasteiger partial charge on any atom is -0.397 e. The number of rotatable bonds is 3. The largest absolute Gasteiger partial charge is 0.397 e. The molecular formula is C18H23N5O. The van der Waals surface area contributed by atoms with E-state index in [4.69, 9.17) is 5.73 Å². The normalized spacial score (nSPS) is 20.7. The molecule has 126 valence electrons. The first-order valence-corrected chi connectivity index (χ1v) is 8.16. The number of carbonyl (C=O) groups excluding carboxylic acids is 1. The van der Waals surface area contributed by atoms with Gasteiger partial charge in [0.1, 0.15) is 5.82 Å². The fourth-order valence-corrected chi connectivity index (χ4v) is 2.84. The van der Waals surface area contributed by atoms with E-state index in [1.807, 2.05) is 18.2 Å². The highest BCUT2D eigenvalue weighted by Gasteiger charge is 2.23. The van der Waals surface area contributed by atoms with Gasteiger partial charge in [-0.25, -0.2) is 4.98 Å². The van der Waals surface area contributed by atoms with E-state index in [1.165, 1.54) is 0 Å². The number of nitrogens with two attached hydrogens (primary N) is 1. The van der Waals surface area contributed by atoms with Gasteiger partial charge in [0.2, 0.25) is 0 Å². The monoisotopic (exact) mass is 325 g/mol. The van der Waals surface area contributed by atoms with E-state index in [2.05, 4.69) is 34.4 Å². The average Bonchev–Trinajstić information content (AvgIpc) is 2.59. The summed E-state index contributed by atoms with van der Waals surface area (Å²) >= 11 is 0. The molecule has 0 radical (unpaired) electrons. The molecule has 0 aliphatic carbocycles. The molecule has 2 aromatic rings. The third-order valence-corrected chi connectivity index (χ3v) is 4.28. The summed E-state index contributed by atoms with van der Waals surface area (Å²) in [6.07, 6.45) is 1.61. The maximum absolute atomic E-state index is 12.3. The van der Waals surface area contributed by atoms with Crippen LogP contribution < -0.4 is 21.3 Å². The number of amides is 1. The number of carbonyl (C=O) groups is 1. The van der Waals surface area contributed by atoms with Gasteiger partial charge in [0.05, 0.1) is 16.9 Å². The first kappa shape index (κ1) is 16.3. The molecule has 0 spiro atoms. The first-order chi connectivity index (χ1) is 11.5. The topological polar surface area (TPSA) is 83.3 Å². The van der Waals surface area contributed by atoms with Crippen molar-refractivity contribution in [3.05, 3.63) is 48.2 Å². The molecule has 1 amide bonds. The average molecular weight is 325 g/mol. The van der Waals surface area contributed by atoms with Crippen LogP contribution in [0.1, 0.15) is 24.2 Å². The van der Waals surface area contributed by atoms with E-state index in [1.54, 1.807) is 24.4 Å². The molecule has 1 aliphatic heterocycles. The molecule has 1 saturated heterocycles. The number of pyridine rings is 1. The molecular weight excluding hydrogens is 302 g/mol. The van der Waals surface area contributed by atoms with Crippen molar-refractivity contribution in [3.8, 4) is 0 Å². The summed E-state index contributed by atoms with van der Waals surface area (Å²) in [7, 11) is 0. The van der Waals surface area contributed by atoms with Gasteiger partial charge in [0.25, 0.3) is 5.91 Å². The lowest BCUT2D eigenvalue weighted by Crippen LogP contribution is -2.54.